The SMILES string of the molecule is CC(=O)O[C@H](CC1CC(=O)NC(=O)C1)[C@@H]1C[C@H](C)C[C@H](C)C1=O. The third-order valence-electron chi connectivity index (χ3n) is 4.82. The maximum atomic E-state index is 12.5. The fourth-order valence-corrected chi connectivity index (χ4v) is 3.92. The van der Waals surface area contributed by atoms with Gasteiger partial charge in [0.15, 0.2) is 0 Å². The van der Waals surface area contributed by atoms with Gasteiger partial charge in [0.1, 0.15) is 11.9 Å². The van der Waals surface area contributed by atoms with Gasteiger partial charge in [0.2, 0.25) is 11.8 Å². The van der Waals surface area contributed by atoms with Crippen LogP contribution in [0.4, 0.5) is 0 Å². The van der Waals surface area contributed by atoms with E-state index in [4.69, 9.17) is 4.74 Å². The summed E-state index contributed by atoms with van der Waals surface area (Å²) in [6.07, 6.45) is 1.84. The number of imide groups is 1. The number of hydrogen-bond acceptors (Lipinski definition) is 5. The summed E-state index contributed by atoms with van der Waals surface area (Å²) in [6.45, 7) is 5.33. The standard InChI is InChI=1S/C17H25NO5/c1-9-4-10(2)17(22)13(5-9)14(23-11(3)19)6-12-7-15(20)18-16(21)8-12/h9-10,12-14H,4-8H2,1-3H3,(H,18,20,21)/t9-,10+,13+,14-/m1/s1. The lowest BCUT2D eigenvalue weighted by molar-refractivity contribution is -0.155. The molecule has 6 heteroatoms. The summed E-state index contributed by atoms with van der Waals surface area (Å²) < 4.78 is 5.43. The molecule has 1 saturated carbocycles. The normalized spacial score (nSPS) is 30.7. The van der Waals surface area contributed by atoms with Crippen molar-refractivity contribution in [2.75, 3.05) is 0 Å². The van der Waals surface area contributed by atoms with E-state index in [1.165, 1.54) is 6.92 Å². The molecule has 1 saturated heterocycles. The first-order chi connectivity index (χ1) is 10.8. The van der Waals surface area contributed by atoms with E-state index in [1.807, 2.05) is 6.92 Å². The summed E-state index contributed by atoms with van der Waals surface area (Å²) in [7, 11) is 0. The third kappa shape index (κ3) is 4.62. The van der Waals surface area contributed by atoms with E-state index in [0.717, 1.165) is 6.42 Å². The Morgan fingerprint density at radius 2 is 1.78 bits per heavy atom. The predicted octanol–water partition coefficient (Wildman–Crippen LogP) is 1.61. The molecule has 128 valence electrons. The van der Waals surface area contributed by atoms with E-state index in [1.54, 1.807) is 0 Å². The number of carbonyl (C=O) groups is 4. The lowest BCUT2D eigenvalue weighted by atomic mass is 9.71. The second-order valence-electron chi connectivity index (χ2n) is 7.12. The second kappa shape index (κ2) is 7.23. The number of nitrogens with one attached hydrogen (secondary N) is 1. The van der Waals surface area contributed by atoms with Crippen molar-refractivity contribution < 1.29 is 23.9 Å². The highest BCUT2D eigenvalue weighted by Crippen LogP contribution is 2.36. The van der Waals surface area contributed by atoms with Gasteiger partial charge in [0, 0.05) is 25.7 Å². The smallest absolute Gasteiger partial charge is 0.302 e. The molecule has 2 aliphatic rings. The van der Waals surface area contributed by atoms with E-state index in [-0.39, 0.29) is 48.2 Å². The molecule has 2 amide bonds. The largest absolute Gasteiger partial charge is 0.462 e. The molecule has 0 spiro atoms. The number of ketones is 1. The quantitative estimate of drug-likeness (QED) is 0.627. The van der Waals surface area contributed by atoms with Gasteiger partial charge in [-0.25, -0.2) is 0 Å². The zero-order valence-corrected chi connectivity index (χ0v) is 14.0. The molecular formula is C17H25NO5. The molecule has 1 heterocycles. The van der Waals surface area contributed by atoms with Crippen molar-refractivity contribution in [3.8, 4) is 0 Å². The topological polar surface area (TPSA) is 89.5 Å². The molecule has 0 unspecified atom stereocenters. The average Bonchev–Trinajstić information content (AvgIpc) is 2.40. The van der Waals surface area contributed by atoms with Crippen molar-refractivity contribution in [1.29, 1.82) is 0 Å². The lowest BCUT2D eigenvalue weighted by Gasteiger charge is -2.36. The van der Waals surface area contributed by atoms with Crippen molar-refractivity contribution >= 4 is 23.6 Å². The highest BCUT2D eigenvalue weighted by molar-refractivity contribution is 5.97. The fraction of sp³-hybridized carbons (Fsp3) is 0.765. The highest BCUT2D eigenvalue weighted by Gasteiger charge is 2.40. The Balaban J connectivity index is 2.12. The summed E-state index contributed by atoms with van der Waals surface area (Å²) in [4.78, 5) is 47.0. The summed E-state index contributed by atoms with van der Waals surface area (Å²) in [6, 6.07) is 0. The Labute approximate surface area is 136 Å². The highest BCUT2D eigenvalue weighted by atomic mass is 16.5. The van der Waals surface area contributed by atoms with Gasteiger partial charge in [0.05, 0.1) is 5.92 Å². The van der Waals surface area contributed by atoms with Crippen molar-refractivity contribution in [3.63, 3.8) is 0 Å². The van der Waals surface area contributed by atoms with Gasteiger partial charge in [0.25, 0.3) is 0 Å². The van der Waals surface area contributed by atoms with Gasteiger partial charge in [-0.15, -0.1) is 0 Å². The Kier molecular flexibility index (Phi) is 5.55. The molecule has 0 radical (unpaired) electrons. The number of Topliss-reactive ketones (excluding diaryl/α,β-unsaturated/α-hetero) is 1. The molecule has 0 aromatic rings. The van der Waals surface area contributed by atoms with Crippen LogP contribution in [0.3, 0.4) is 0 Å². The van der Waals surface area contributed by atoms with Crippen molar-refractivity contribution in [2.45, 2.75) is 59.0 Å². The number of rotatable bonds is 4. The first-order valence-electron chi connectivity index (χ1n) is 8.29. The van der Waals surface area contributed by atoms with E-state index in [2.05, 4.69) is 12.2 Å². The Morgan fingerprint density at radius 3 is 2.35 bits per heavy atom. The molecule has 6 nitrogen and oxygen atoms in total. The third-order valence-corrected chi connectivity index (χ3v) is 4.82. The monoisotopic (exact) mass is 323 g/mol. The van der Waals surface area contributed by atoms with E-state index in [9.17, 15) is 19.2 Å². The molecule has 2 rings (SSSR count). The minimum atomic E-state index is -0.547. The minimum absolute atomic E-state index is 0.0434. The summed E-state index contributed by atoms with van der Waals surface area (Å²) in [5.74, 6) is -1.07. The van der Waals surface area contributed by atoms with E-state index < -0.39 is 12.1 Å². The van der Waals surface area contributed by atoms with Gasteiger partial charge in [-0.2, -0.15) is 0 Å². The average molecular weight is 323 g/mol. The Bertz CT molecular complexity index is 499. The number of hydrogen-bond donors (Lipinski definition) is 1. The minimum Gasteiger partial charge on any atom is -0.462 e. The predicted molar refractivity (Wildman–Crippen MR) is 82.1 cm³/mol. The zero-order chi connectivity index (χ0) is 17.1. The molecule has 23 heavy (non-hydrogen) atoms. The molecule has 1 aliphatic carbocycles. The number of esters is 1. The molecular weight excluding hydrogens is 298 g/mol. The van der Waals surface area contributed by atoms with Crippen LogP contribution in [0.1, 0.15) is 52.9 Å². The fourth-order valence-electron chi connectivity index (χ4n) is 3.92. The second-order valence-corrected chi connectivity index (χ2v) is 7.12. The summed E-state index contributed by atoms with van der Waals surface area (Å²) in [5.41, 5.74) is 0. The van der Waals surface area contributed by atoms with Gasteiger partial charge in [-0.1, -0.05) is 13.8 Å². The molecule has 4 atom stereocenters. The van der Waals surface area contributed by atoms with Crippen molar-refractivity contribution in [2.24, 2.45) is 23.7 Å². The number of carbonyl (C=O) groups excluding carboxylic acids is 4. The number of piperidine rings is 1. The lowest BCUT2D eigenvalue weighted by Crippen LogP contribution is -2.44. The van der Waals surface area contributed by atoms with Crippen LogP contribution in [0.25, 0.3) is 0 Å². The van der Waals surface area contributed by atoms with Crippen LogP contribution < -0.4 is 5.32 Å². The summed E-state index contributed by atoms with van der Waals surface area (Å²) >= 11 is 0. The van der Waals surface area contributed by atoms with Crippen LogP contribution in [-0.4, -0.2) is 29.7 Å². The molecule has 1 N–H and O–H groups in total. The van der Waals surface area contributed by atoms with Gasteiger partial charge >= 0.3 is 5.97 Å². The first kappa shape index (κ1) is 17.6. The van der Waals surface area contributed by atoms with Crippen LogP contribution >= 0.6 is 0 Å². The molecule has 1 aliphatic heterocycles. The van der Waals surface area contributed by atoms with Crippen LogP contribution in [0.15, 0.2) is 0 Å². The molecule has 2 fully saturated rings. The zero-order valence-electron chi connectivity index (χ0n) is 14.0. The maximum absolute atomic E-state index is 12.5. The molecule has 0 bridgehead atoms. The number of amides is 2. The van der Waals surface area contributed by atoms with Crippen LogP contribution in [0.5, 0.6) is 0 Å². The molecule has 0 aromatic heterocycles. The first-order valence-corrected chi connectivity index (χ1v) is 8.29. The molecule has 0 aromatic carbocycles. The Morgan fingerprint density at radius 1 is 1.17 bits per heavy atom. The number of ether oxygens (including phenoxy) is 1. The van der Waals surface area contributed by atoms with Crippen LogP contribution in [0, 0.1) is 23.7 Å². The van der Waals surface area contributed by atoms with E-state index in [0.29, 0.717) is 18.8 Å². The van der Waals surface area contributed by atoms with E-state index >= 15 is 0 Å². The summed E-state index contributed by atoms with van der Waals surface area (Å²) in [5, 5.41) is 2.27. The van der Waals surface area contributed by atoms with Gasteiger partial charge in [-0.05, 0) is 31.1 Å². The maximum Gasteiger partial charge on any atom is 0.302 e. The van der Waals surface area contributed by atoms with Crippen LogP contribution in [-0.2, 0) is 23.9 Å². The van der Waals surface area contributed by atoms with Gasteiger partial charge < -0.3 is 4.74 Å². The van der Waals surface area contributed by atoms with Crippen LogP contribution in [0.2, 0.25) is 0 Å². The van der Waals surface area contributed by atoms with Crippen molar-refractivity contribution in [3.05, 3.63) is 0 Å². The Hall–Kier alpha value is -1.72. The van der Waals surface area contributed by atoms with Crippen molar-refractivity contribution in [1.82, 2.24) is 5.32 Å². The van der Waals surface area contributed by atoms with Gasteiger partial charge in [-0.3, -0.25) is 24.5 Å².